The second kappa shape index (κ2) is 15.0. The zero-order valence-corrected chi connectivity index (χ0v) is 42.6. The molecule has 7 aromatic rings. The predicted octanol–water partition coefficient (Wildman–Crippen LogP) is 15.5. The zero-order valence-electron chi connectivity index (χ0n) is 42.6. The third-order valence-corrected chi connectivity index (χ3v) is 15.8. The van der Waals surface area contributed by atoms with Crippen molar-refractivity contribution in [3.8, 4) is 11.1 Å². The lowest BCUT2D eigenvalue weighted by Crippen LogP contribution is -2.61. The van der Waals surface area contributed by atoms with Gasteiger partial charge in [0.05, 0.1) is 5.69 Å². The first-order valence-electron chi connectivity index (χ1n) is 24.9. The number of furan rings is 1. The molecule has 0 spiro atoms. The van der Waals surface area contributed by atoms with E-state index in [0.29, 0.717) is 0 Å². The van der Waals surface area contributed by atoms with E-state index in [2.05, 4.69) is 223 Å². The molecule has 0 saturated carbocycles. The van der Waals surface area contributed by atoms with Gasteiger partial charge in [-0.1, -0.05) is 158 Å². The van der Waals surface area contributed by atoms with Crippen molar-refractivity contribution in [1.29, 1.82) is 0 Å². The molecular formula is C62H71BN2O. The van der Waals surface area contributed by atoms with Crippen molar-refractivity contribution in [2.45, 2.75) is 157 Å². The van der Waals surface area contributed by atoms with Crippen molar-refractivity contribution >= 4 is 68.4 Å². The Morgan fingerprint density at radius 1 is 0.530 bits per heavy atom. The Kier molecular flexibility index (Phi) is 10.1. The van der Waals surface area contributed by atoms with Gasteiger partial charge in [0, 0.05) is 39.2 Å². The third-order valence-electron chi connectivity index (χ3n) is 15.8. The van der Waals surface area contributed by atoms with Crippen molar-refractivity contribution < 1.29 is 4.42 Å². The standard InChI is InChI=1S/C62H71BN2O/c1-16-38-31-46-54(32-39(38)17-2)66-57-55(46)63-49-36-47-48(62(14,15)30-29-61(47,12)13)37-51(49)65(50-28-25-42(59(6,7)8)33-45(50)40-21-19-18-20-22-40)53-35-43(60(9,10)11)34-52(56(53)63)64(57)44-26-23-41(24-27-44)58(3,4)5/h18-28,31-37H,16-17,29-30H2,1-15H3. The highest BCUT2D eigenvalue weighted by atomic mass is 16.4. The molecule has 1 aliphatic carbocycles. The second-order valence-electron chi connectivity index (χ2n) is 24.3. The normalized spacial score (nSPS) is 16.3. The fraction of sp³-hybridized carbons (Fsp3) is 0.387. The Hall–Kier alpha value is -5.48. The van der Waals surface area contributed by atoms with Crippen LogP contribution in [0.1, 0.15) is 156 Å². The molecule has 10 rings (SSSR count). The lowest BCUT2D eigenvalue weighted by Gasteiger charge is -2.47. The van der Waals surface area contributed by atoms with Gasteiger partial charge in [-0.25, -0.2) is 0 Å². The van der Waals surface area contributed by atoms with Crippen molar-refractivity contribution in [1.82, 2.24) is 0 Å². The van der Waals surface area contributed by atoms with Gasteiger partial charge in [0.15, 0.2) is 0 Å². The van der Waals surface area contributed by atoms with Crippen molar-refractivity contribution in [3.05, 3.63) is 148 Å². The molecule has 3 aliphatic rings. The molecule has 2 aliphatic heterocycles. The first-order chi connectivity index (χ1) is 31.0. The van der Waals surface area contributed by atoms with Crippen LogP contribution in [0.5, 0.6) is 0 Å². The monoisotopic (exact) mass is 871 g/mol. The minimum absolute atomic E-state index is 0.0191. The minimum Gasteiger partial charge on any atom is -0.440 e. The summed E-state index contributed by atoms with van der Waals surface area (Å²) in [7, 11) is 0. The van der Waals surface area contributed by atoms with Gasteiger partial charge in [-0.15, -0.1) is 0 Å². The van der Waals surface area contributed by atoms with E-state index in [-0.39, 0.29) is 33.8 Å². The molecule has 3 heterocycles. The van der Waals surface area contributed by atoms with E-state index < -0.39 is 0 Å². The van der Waals surface area contributed by atoms with Crippen molar-refractivity contribution in [2.75, 3.05) is 9.80 Å². The fourth-order valence-electron chi connectivity index (χ4n) is 11.5. The van der Waals surface area contributed by atoms with E-state index in [0.717, 1.165) is 42.8 Å². The molecule has 0 amide bonds. The molecule has 0 saturated heterocycles. The highest BCUT2D eigenvalue weighted by Gasteiger charge is 2.49. The minimum atomic E-state index is -0.144. The lowest BCUT2D eigenvalue weighted by atomic mass is 9.33. The third kappa shape index (κ3) is 6.98. The summed E-state index contributed by atoms with van der Waals surface area (Å²) in [6.45, 7) is 35.4. The maximum Gasteiger partial charge on any atom is 0.257 e. The summed E-state index contributed by atoms with van der Waals surface area (Å²) in [5, 5.41) is 1.23. The summed E-state index contributed by atoms with van der Waals surface area (Å²) < 4.78 is 7.42. The SMILES string of the molecule is CCc1cc2oc3c(c2cc1CC)B1c2cc4c(cc2N(c2ccc(C(C)(C)C)cc2-c2ccccc2)c2cc(C(C)(C)C)cc(c21)N3c1ccc(C(C)(C)C)cc1)C(C)(C)CCC4(C)C. The summed E-state index contributed by atoms with van der Waals surface area (Å²) >= 11 is 0. The quantitative estimate of drug-likeness (QED) is 0.161. The Labute approximate surface area is 396 Å². The Balaban J connectivity index is 1.40. The van der Waals surface area contributed by atoms with E-state index >= 15 is 0 Å². The Morgan fingerprint density at radius 3 is 1.68 bits per heavy atom. The van der Waals surface area contributed by atoms with Gasteiger partial charge < -0.3 is 9.32 Å². The summed E-state index contributed by atoms with van der Waals surface area (Å²) in [5.74, 6) is 0.939. The van der Waals surface area contributed by atoms with Crippen molar-refractivity contribution in [2.24, 2.45) is 0 Å². The van der Waals surface area contributed by atoms with E-state index in [1.165, 1.54) is 94.6 Å². The van der Waals surface area contributed by atoms with E-state index in [1.807, 2.05) is 0 Å². The first-order valence-corrected chi connectivity index (χ1v) is 24.9. The van der Waals surface area contributed by atoms with Gasteiger partial charge in [-0.3, -0.25) is 4.90 Å². The summed E-state index contributed by atoms with van der Waals surface area (Å²) in [6.07, 6.45) is 4.25. The second-order valence-corrected chi connectivity index (χ2v) is 24.3. The van der Waals surface area contributed by atoms with Crippen LogP contribution in [0.15, 0.2) is 114 Å². The van der Waals surface area contributed by atoms with Gasteiger partial charge in [0.1, 0.15) is 5.58 Å². The average Bonchev–Trinajstić information content (AvgIpc) is 3.63. The molecule has 4 heteroatoms. The van der Waals surface area contributed by atoms with Crippen LogP contribution in [0.2, 0.25) is 0 Å². The van der Waals surface area contributed by atoms with E-state index in [1.54, 1.807) is 0 Å². The molecule has 3 nitrogen and oxygen atoms in total. The number of hydrogen-bond donors (Lipinski definition) is 0. The lowest BCUT2D eigenvalue weighted by molar-refractivity contribution is 0.332. The van der Waals surface area contributed by atoms with E-state index in [9.17, 15) is 0 Å². The fourth-order valence-corrected chi connectivity index (χ4v) is 11.5. The van der Waals surface area contributed by atoms with E-state index in [4.69, 9.17) is 4.42 Å². The summed E-state index contributed by atoms with van der Waals surface area (Å²) in [5.41, 5.74) is 23.1. The number of aryl methyl sites for hydroxylation is 2. The smallest absolute Gasteiger partial charge is 0.257 e. The highest BCUT2D eigenvalue weighted by molar-refractivity contribution is 7.01. The summed E-state index contributed by atoms with van der Waals surface area (Å²) in [6, 6.07) is 42.9. The molecule has 0 fully saturated rings. The number of nitrogens with zero attached hydrogens (tertiary/aromatic N) is 2. The van der Waals surface area contributed by atoms with Crippen LogP contribution in [0.4, 0.5) is 34.3 Å². The zero-order chi connectivity index (χ0) is 47.0. The maximum absolute atomic E-state index is 7.42. The van der Waals surface area contributed by atoms with Crippen LogP contribution in [-0.2, 0) is 39.9 Å². The van der Waals surface area contributed by atoms with Gasteiger partial charge in [-0.2, -0.15) is 0 Å². The van der Waals surface area contributed by atoms with Gasteiger partial charge in [0.2, 0.25) is 5.88 Å². The molecule has 0 bridgehead atoms. The molecule has 1 aromatic heterocycles. The van der Waals surface area contributed by atoms with Gasteiger partial charge >= 0.3 is 0 Å². The van der Waals surface area contributed by atoms with Crippen LogP contribution < -0.4 is 26.2 Å². The van der Waals surface area contributed by atoms with Gasteiger partial charge in [0.25, 0.3) is 6.71 Å². The van der Waals surface area contributed by atoms with Crippen LogP contribution in [0.25, 0.3) is 22.1 Å². The molecule has 0 radical (unpaired) electrons. The molecule has 0 atom stereocenters. The average molecular weight is 871 g/mol. The molecule has 66 heavy (non-hydrogen) atoms. The van der Waals surface area contributed by atoms with Gasteiger partial charge in [-0.05, 0) is 163 Å². The first kappa shape index (κ1) is 44.4. The van der Waals surface area contributed by atoms with Crippen LogP contribution in [0, 0.1) is 0 Å². The molecule has 6 aromatic carbocycles. The molecular weight excluding hydrogens is 800 g/mol. The maximum atomic E-state index is 7.42. The predicted molar refractivity (Wildman–Crippen MR) is 286 cm³/mol. The topological polar surface area (TPSA) is 19.6 Å². The van der Waals surface area contributed by atoms with Crippen LogP contribution >= 0.6 is 0 Å². The highest BCUT2D eigenvalue weighted by Crippen LogP contribution is 2.53. The van der Waals surface area contributed by atoms with Crippen molar-refractivity contribution in [3.63, 3.8) is 0 Å². The Morgan fingerprint density at radius 2 is 1.09 bits per heavy atom. The number of benzene rings is 6. The number of hydrogen-bond acceptors (Lipinski definition) is 3. The Bertz CT molecular complexity index is 3050. The number of anilines is 6. The molecule has 0 N–H and O–H groups in total. The summed E-state index contributed by atoms with van der Waals surface area (Å²) in [4.78, 5) is 5.17. The largest absolute Gasteiger partial charge is 0.440 e. The number of fused-ring (bicyclic) bond motifs is 7. The van der Waals surface area contributed by atoms with Crippen LogP contribution in [0.3, 0.4) is 0 Å². The molecule has 0 unspecified atom stereocenters. The van der Waals surface area contributed by atoms with Crippen LogP contribution in [-0.4, -0.2) is 6.71 Å². The molecule has 338 valence electrons. The number of rotatable bonds is 5.